The summed E-state index contributed by atoms with van der Waals surface area (Å²) in [5.41, 5.74) is 8.41. The molecule has 20 heavy (non-hydrogen) atoms. The van der Waals surface area contributed by atoms with Gasteiger partial charge in [-0.15, -0.1) is 0 Å². The van der Waals surface area contributed by atoms with Crippen molar-refractivity contribution in [3.63, 3.8) is 0 Å². The Morgan fingerprint density at radius 2 is 1.60 bits per heavy atom. The van der Waals surface area contributed by atoms with Crippen molar-refractivity contribution >= 4 is 0 Å². The Bertz CT molecular complexity index is 573. The van der Waals surface area contributed by atoms with Crippen LogP contribution in [0.15, 0.2) is 48.5 Å². The molecule has 106 valence electrons. The second-order valence-corrected chi connectivity index (χ2v) is 4.86. The molecule has 0 saturated carbocycles. The molecular weight excluding hydrogens is 263 g/mol. The third-order valence-corrected chi connectivity index (χ3v) is 3.32. The van der Waals surface area contributed by atoms with Gasteiger partial charge in [-0.05, 0) is 42.2 Å². The lowest BCUT2D eigenvalue weighted by atomic mass is 9.96. The van der Waals surface area contributed by atoms with Gasteiger partial charge in [0.15, 0.2) is 0 Å². The zero-order chi connectivity index (χ0) is 14.8. The van der Waals surface area contributed by atoms with Crippen molar-refractivity contribution in [2.45, 2.75) is 25.6 Å². The van der Waals surface area contributed by atoms with Gasteiger partial charge in [-0.2, -0.15) is 13.2 Å². The summed E-state index contributed by atoms with van der Waals surface area (Å²) in [6.45, 7) is 1.97. The van der Waals surface area contributed by atoms with Crippen molar-refractivity contribution in [1.29, 1.82) is 0 Å². The van der Waals surface area contributed by atoms with Crippen molar-refractivity contribution in [1.82, 2.24) is 0 Å². The molecule has 2 aromatic carbocycles. The van der Waals surface area contributed by atoms with E-state index in [9.17, 15) is 13.2 Å². The maximum absolute atomic E-state index is 12.5. The average molecular weight is 279 g/mol. The molecule has 0 amide bonds. The SMILES string of the molecule is Cc1ccccc1C(N)Cc1ccc(C(F)(F)F)cc1. The molecule has 1 nitrogen and oxygen atoms in total. The van der Waals surface area contributed by atoms with Crippen LogP contribution in [0.4, 0.5) is 13.2 Å². The second-order valence-electron chi connectivity index (χ2n) is 4.86. The summed E-state index contributed by atoms with van der Waals surface area (Å²) in [5.74, 6) is 0. The zero-order valence-corrected chi connectivity index (χ0v) is 11.1. The van der Waals surface area contributed by atoms with Gasteiger partial charge in [0.05, 0.1) is 5.56 Å². The Morgan fingerprint density at radius 1 is 1.00 bits per heavy atom. The van der Waals surface area contributed by atoms with E-state index < -0.39 is 11.7 Å². The van der Waals surface area contributed by atoms with E-state index in [2.05, 4.69) is 0 Å². The molecule has 2 aromatic rings. The molecule has 4 heteroatoms. The second kappa shape index (κ2) is 5.67. The smallest absolute Gasteiger partial charge is 0.324 e. The first-order valence-electron chi connectivity index (χ1n) is 6.35. The van der Waals surface area contributed by atoms with Crippen LogP contribution in [0.5, 0.6) is 0 Å². The van der Waals surface area contributed by atoms with Gasteiger partial charge in [-0.3, -0.25) is 0 Å². The standard InChI is InChI=1S/C16H16F3N/c1-11-4-2-3-5-14(11)15(20)10-12-6-8-13(9-7-12)16(17,18)19/h2-9,15H,10,20H2,1H3. The fourth-order valence-corrected chi connectivity index (χ4v) is 2.20. The van der Waals surface area contributed by atoms with Gasteiger partial charge >= 0.3 is 6.18 Å². The Hall–Kier alpha value is -1.81. The van der Waals surface area contributed by atoms with Crippen LogP contribution < -0.4 is 5.73 Å². The van der Waals surface area contributed by atoms with Crippen LogP contribution in [-0.4, -0.2) is 0 Å². The number of alkyl halides is 3. The Balaban J connectivity index is 2.13. The van der Waals surface area contributed by atoms with Crippen LogP contribution in [0.3, 0.4) is 0 Å². The first kappa shape index (κ1) is 14.6. The van der Waals surface area contributed by atoms with E-state index in [1.165, 1.54) is 12.1 Å². The van der Waals surface area contributed by atoms with Crippen molar-refractivity contribution in [3.8, 4) is 0 Å². The average Bonchev–Trinajstić information content (AvgIpc) is 2.38. The highest BCUT2D eigenvalue weighted by molar-refractivity contribution is 5.31. The molecule has 0 fully saturated rings. The highest BCUT2D eigenvalue weighted by Crippen LogP contribution is 2.29. The summed E-state index contributed by atoms with van der Waals surface area (Å²) in [6.07, 6.45) is -3.78. The molecule has 0 saturated heterocycles. The van der Waals surface area contributed by atoms with E-state index in [1.54, 1.807) is 0 Å². The lowest BCUT2D eigenvalue weighted by Crippen LogP contribution is -2.14. The van der Waals surface area contributed by atoms with Gasteiger partial charge in [0.25, 0.3) is 0 Å². The molecular formula is C16H16F3N. The van der Waals surface area contributed by atoms with E-state index in [4.69, 9.17) is 5.73 Å². The van der Waals surface area contributed by atoms with Gasteiger partial charge in [-0.1, -0.05) is 36.4 Å². The summed E-state index contributed by atoms with van der Waals surface area (Å²) < 4.78 is 37.4. The number of aryl methyl sites for hydroxylation is 1. The maximum Gasteiger partial charge on any atom is 0.416 e. The van der Waals surface area contributed by atoms with Gasteiger partial charge in [0.2, 0.25) is 0 Å². The maximum atomic E-state index is 12.5. The topological polar surface area (TPSA) is 26.0 Å². The molecule has 0 aromatic heterocycles. The molecule has 2 rings (SSSR count). The van der Waals surface area contributed by atoms with Crippen LogP contribution in [0.1, 0.15) is 28.3 Å². The minimum absolute atomic E-state index is 0.215. The van der Waals surface area contributed by atoms with Crippen molar-refractivity contribution in [3.05, 3.63) is 70.8 Å². The minimum Gasteiger partial charge on any atom is -0.324 e. The van der Waals surface area contributed by atoms with Crippen LogP contribution >= 0.6 is 0 Å². The predicted octanol–water partition coefficient (Wildman–Crippen LogP) is 4.26. The fourth-order valence-electron chi connectivity index (χ4n) is 2.20. The third kappa shape index (κ3) is 3.39. The number of rotatable bonds is 3. The Morgan fingerprint density at radius 3 is 2.15 bits per heavy atom. The molecule has 1 unspecified atom stereocenters. The molecule has 0 aliphatic carbocycles. The highest BCUT2D eigenvalue weighted by atomic mass is 19.4. The molecule has 0 bridgehead atoms. The monoisotopic (exact) mass is 279 g/mol. The van der Waals surface area contributed by atoms with E-state index in [1.807, 2.05) is 31.2 Å². The van der Waals surface area contributed by atoms with E-state index in [0.29, 0.717) is 6.42 Å². The first-order valence-corrected chi connectivity index (χ1v) is 6.35. The van der Waals surface area contributed by atoms with Crippen molar-refractivity contribution < 1.29 is 13.2 Å². The molecule has 1 atom stereocenters. The zero-order valence-electron chi connectivity index (χ0n) is 11.1. The number of benzene rings is 2. The van der Waals surface area contributed by atoms with Crippen LogP contribution in [-0.2, 0) is 12.6 Å². The van der Waals surface area contributed by atoms with Crippen LogP contribution in [0.25, 0.3) is 0 Å². The quantitative estimate of drug-likeness (QED) is 0.892. The van der Waals surface area contributed by atoms with Gasteiger partial charge in [0, 0.05) is 6.04 Å². The summed E-state index contributed by atoms with van der Waals surface area (Å²) in [4.78, 5) is 0. The minimum atomic E-state index is -4.29. The molecule has 0 heterocycles. The lowest BCUT2D eigenvalue weighted by Gasteiger charge is -2.15. The first-order chi connectivity index (χ1) is 9.38. The van der Waals surface area contributed by atoms with Crippen molar-refractivity contribution in [2.24, 2.45) is 5.73 Å². The molecule has 0 radical (unpaired) electrons. The largest absolute Gasteiger partial charge is 0.416 e. The highest BCUT2D eigenvalue weighted by Gasteiger charge is 2.29. The molecule has 0 aliphatic rings. The van der Waals surface area contributed by atoms with E-state index in [0.717, 1.165) is 28.8 Å². The van der Waals surface area contributed by atoms with Gasteiger partial charge in [0.1, 0.15) is 0 Å². The molecule has 2 N–H and O–H groups in total. The van der Waals surface area contributed by atoms with E-state index in [-0.39, 0.29) is 6.04 Å². The van der Waals surface area contributed by atoms with Gasteiger partial charge < -0.3 is 5.73 Å². The summed E-state index contributed by atoms with van der Waals surface area (Å²) in [7, 11) is 0. The predicted molar refractivity (Wildman–Crippen MR) is 73.3 cm³/mol. The number of hydrogen-bond donors (Lipinski definition) is 1. The van der Waals surface area contributed by atoms with Crippen molar-refractivity contribution in [2.75, 3.05) is 0 Å². The van der Waals surface area contributed by atoms with Crippen LogP contribution in [0, 0.1) is 6.92 Å². The lowest BCUT2D eigenvalue weighted by molar-refractivity contribution is -0.137. The Kier molecular flexibility index (Phi) is 4.14. The number of halogens is 3. The fraction of sp³-hybridized carbons (Fsp3) is 0.250. The molecule has 0 spiro atoms. The normalized spacial score (nSPS) is 13.2. The Labute approximate surface area is 116 Å². The summed E-state index contributed by atoms with van der Waals surface area (Å²) >= 11 is 0. The van der Waals surface area contributed by atoms with E-state index >= 15 is 0 Å². The summed E-state index contributed by atoms with van der Waals surface area (Å²) in [6, 6.07) is 12.7. The number of hydrogen-bond acceptors (Lipinski definition) is 1. The summed E-state index contributed by atoms with van der Waals surface area (Å²) in [5, 5.41) is 0. The molecule has 0 aliphatic heterocycles. The van der Waals surface area contributed by atoms with Gasteiger partial charge in [-0.25, -0.2) is 0 Å². The van der Waals surface area contributed by atoms with Crippen LogP contribution in [0.2, 0.25) is 0 Å². The number of nitrogens with two attached hydrogens (primary N) is 1. The third-order valence-electron chi connectivity index (χ3n) is 3.32.